The molecule has 0 spiro atoms. The van der Waals surface area contributed by atoms with Gasteiger partial charge in [0.1, 0.15) is 12.3 Å². The highest BCUT2D eigenvalue weighted by atomic mass is 16.5. The lowest BCUT2D eigenvalue weighted by atomic mass is 10.2. The highest BCUT2D eigenvalue weighted by Crippen LogP contribution is 2.31. The molecule has 3 amide bonds. The first kappa shape index (κ1) is 19.2. The number of ether oxygens (including phenoxy) is 1. The second-order valence-electron chi connectivity index (χ2n) is 6.65. The molecule has 2 N–H and O–H groups in total. The summed E-state index contributed by atoms with van der Waals surface area (Å²) >= 11 is 0. The molecule has 0 bridgehead atoms. The average molecular weight is 405 g/mol. The number of amides is 3. The van der Waals surface area contributed by atoms with E-state index in [2.05, 4.69) is 16.0 Å². The Labute approximate surface area is 172 Å². The number of carbonyl (C=O) groups excluding carboxylic acids is 3. The molecule has 152 valence electrons. The fraction of sp³-hybridized carbons (Fsp3) is 0.143. The number of hydrazine groups is 1. The Kier molecular flexibility index (Phi) is 5.42. The van der Waals surface area contributed by atoms with Crippen LogP contribution in [0.5, 0.6) is 5.75 Å². The summed E-state index contributed by atoms with van der Waals surface area (Å²) in [5.41, 5.74) is 6.54. The van der Waals surface area contributed by atoms with E-state index < -0.39 is 11.8 Å². The number of carbonyl (C=O) groups is 3. The van der Waals surface area contributed by atoms with Crippen LogP contribution in [0.1, 0.15) is 15.9 Å². The molecule has 9 nitrogen and oxygen atoms in total. The SMILES string of the molecule is O=C(CN1C(=O)COc2ccccc21)NNC(=O)c1cnn(Cc2ccccc2)c1. The van der Waals surface area contributed by atoms with Crippen LogP contribution in [0, 0.1) is 0 Å². The molecule has 1 aliphatic rings. The maximum Gasteiger partial charge on any atom is 0.272 e. The Morgan fingerprint density at radius 2 is 1.80 bits per heavy atom. The molecule has 30 heavy (non-hydrogen) atoms. The van der Waals surface area contributed by atoms with Crippen LogP contribution in [0.15, 0.2) is 67.0 Å². The van der Waals surface area contributed by atoms with Crippen LogP contribution in [0.2, 0.25) is 0 Å². The van der Waals surface area contributed by atoms with Crippen LogP contribution in [0.3, 0.4) is 0 Å². The van der Waals surface area contributed by atoms with Gasteiger partial charge in [-0.05, 0) is 17.7 Å². The van der Waals surface area contributed by atoms with Gasteiger partial charge >= 0.3 is 0 Å². The standard InChI is InChI=1S/C21H19N5O4/c27-19(13-26-17-8-4-5-9-18(17)30-14-20(26)28)23-24-21(29)16-10-22-25(12-16)11-15-6-2-1-3-7-15/h1-10,12H,11,13-14H2,(H,23,27)(H,24,29). The molecule has 4 rings (SSSR count). The van der Waals surface area contributed by atoms with Gasteiger partial charge in [-0.25, -0.2) is 0 Å². The van der Waals surface area contributed by atoms with Crippen LogP contribution < -0.4 is 20.5 Å². The Hall–Kier alpha value is -4.14. The minimum absolute atomic E-state index is 0.142. The fourth-order valence-corrected chi connectivity index (χ4v) is 3.05. The van der Waals surface area contributed by atoms with E-state index in [1.54, 1.807) is 35.1 Å². The normalized spacial score (nSPS) is 12.7. The molecule has 0 atom stereocenters. The predicted molar refractivity (Wildman–Crippen MR) is 108 cm³/mol. The molecule has 2 aromatic carbocycles. The molecule has 3 aromatic rings. The number of hydrogen-bond donors (Lipinski definition) is 2. The van der Waals surface area contributed by atoms with Gasteiger partial charge in [-0.15, -0.1) is 0 Å². The van der Waals surface area contributed by atoms with E-state index in [1.807, 2.05) is 30.3 Å². The molecule has 2 heterocycles. The third-order valence-electron chi connectivity index (χ3n) is 4.51. The van der Waals surface area contributed by atoms with Crippen molar-refractivity contribution in [3.05, 3.63) is 78.1 Å². The van der Waals surface area contributed by atoms with Gasteiger partial charge < -0.3 is 4.74 Å². The summed E-state index contributed by atoms with van der Waals surface area (Å²) in [7, 11) is 0. The number of rotatable bonds is 5. The van der Waals surface area contributed by atoms with Crippen molar-refractivity contribution >= 4 is 23.4 Å². The number of nitrogens with zero attached hydrogens (tertiary/aromatic N) is 3. The number of hydrogen-bond acceptors (Lipinski definition) is 5. The summed E-state index contributed by atoms with van der Waals surface area (Å²) in [6.45, 7) is 0.142. The van der Waals surface area contributed by atoms with Crippen molar-refractivity contribution in [2.75, 3.05) is 18.1 Å². The van der Waals surface area contributed by atoms with Gasteiger partial charge in [0.2, 0.25) is 0 Å². The minimum Gasteiger partial charge on any atom is -0.482 e. The molecular formula is C21H19N5O4. The van der Waals surface area contributed by atoms with Crippen LogP contribution in [-0.2, 0) is 16.1 Å². The highest BCUT2D eigenvalue weighted by molar-refractivity contribution is 6.02. The van der Waals surface area contributed by atoms with Crippen molar-refractivity contribution in [3.63, 3.8) is 0 Å². The lowest BCUT2D eigenvalue weighted by Gasteiger charge is -2.28. The molecule has 9 heteroatoms. The summed E-state index contributed by atoms with van der Waals surface area (Å²) in [5, 5.41) is 4.16. The van der Waals surface area contributed by atoms with Crippen molar-refractivity contribution in [2.45, 2.75) is 6.54 Å². The quantitative estimate of drug-likeness (QED) is 0.619. The molecular weight excluding hydrogens is 386 g/mol. The summed E-state index contributed by atoms with van der Waals surface area (Å²) in [6, 6.07) is 16.7. The van der Waals surface area contributed by atoms with E-state index in [0.29, 0.717) is 23.5 Å². The molecule has 1 aromatic heterocycles. The van der Waals surface area contributed by atoms with Crippen LogP contribution in [0.4, 0.5) is 5.69 Å². The third-order valence-corrected chi connectivity index (χ3v) is 4.51. The number of nitrogens with one attached hydrogen (secondary N) is 2. The molecule has 0 unspecified atom stereocenters. The fourth-order valence-electron chi connectivity index (χ4n) is 3.05. The van der Waals surface area contributed by atoms with Gasteiger partial charge in [-0.1, -0.05) is 42.5 Å². The first-order valence-electron chi connectivity index (χ1n) is 9.28. The average Bonchev–Trinajstić information content (AvgIpc) is 3.23. The monoisotopic (exact) mass is 405 g/mol. The number of aromatic nitrogens is 2. The second kappa shape index (κ2) is 8.48. The maximum atomic E-state index is 12.3. The van der Waals surface area contributed by atoms with E-state index in [4.69, 9.17) is 4.74 Å². The Bertz CT molecular complexity index is 1080. The summed E-state index contributed by atoms with van der Waals surface area (Å²) in [5.74, 6) is -0.849. The first-order chi connectivity index (χ1) is 14.6. The van der Waals surface area contributed by atoms with Crippen LogP contribution >= 0.6 is 0 Å². The number of para-hydroxylation sites is 2. The molecule has 0 radical (unpaired) electrons. The van der Waals surface area contributed by atoms with Crippen molar-refractivity contribution in [1.82, 2.24) is 20.6 Å². The van der Waals surface area contributed by atoms with Gasteiger partial charge in [0, 0.05) is 6.20 Å². The van der Waals surface area contributed by atoms with E-state index in [0.717, 1.165) is 5.56 Å². The van der Waals surface area contributed by atoms with Crippen LogP contribution in [-0.4, -0.2) is 40.7 Å². The number of fused-ring (bicyclic) bond motifs is 1. The summed E-state index contributed by atoms with van der Waals surface area (Å²) < 4.78 is 6.98. The maximum absolute atomic E-state index is 12.3. The zero-order valence-corrected chi connectivity index (χ0v) is 15.9. The van der Waals surface area contributed by atoms with Gasteiger partial charge in [0.25, 0.3) is 17.7 Å². The number of benzene rings is 2. The molecule has 0 saturated carbocycles. The predicted octanol–water partition coefficient (Wildman–Crippen LogP) is 1.12. The smallest absolute Gasteiger partial charge is 0.272 e. The third kappa shape index (κ3) is 4.30. The van der Waals surface area contributed by atoms with Gasteiger partial charge in [0.05, 0.1) is 24.0 Å². The molecule has 0 aliphatic carbocycles. The largest absolute Gasteiger partial charge is 0.482 e. The first-order valence-corrected chi connectivity index (χ1v) is 9.28. The molecule has 1 aliphatic heterocycles. The van der Waals surface area contributed by atoms with Crippen LogP contribution in [0.25, 0.3) is 0 Å². The Morgan fingerprint density at radius 1 is 1.03 bits per heavy atom. The lowest BCUT2D eigenvalue weighted by Crippen LogP contribution is -2.49. The zero-order valence-electron chi connectivity index (χ0n) is 15.9. The van der Waals surface area contributed by atoms with E-state index in [9.17, 15) is 14.4 Å². The Morgan fingerprint density at radius 3 is 2.63 bits per heavy atom. The Balaban J connectivity index is 1.32. The second-order valence-corrected chi connectivity index (χ2v) is 6.65. The number of anilines is 1. The topological polar surface area (TPSA) is 106 Å². The van der Waals surface area contributed by atoms with Crippen molar-refractivity contribution in [3.8, 4) is 5.75 Å². The summed E-state index contributed by atoms with van der Waals surface area (Å²) in [4.78, 5) is 38.0. The van der Waals surface area contributed by atoms with Gasteiger partial charge in [0.15, 0.2) is 6.61 Å². The van der Waals surface area contributed by atoms with E-state index in [1.165, 1.54) is 11.1 Å². The van der Waals surface area contributed by atoms with E-state index >= 15 is 0 Å². The zero-order chi connectivity index (χ0) is 20.9. The van der Waals surface area contributed by atoms with Crippen molar-refractivity contribution in [1.29, 1.82) is 0 Å². The lowest BCUT2D eigenvalue weighted by molar-refractivity contribution is -0.125. The minimum atomic E-state index is -0.537. The molecule has 0 fully saturated rings. The van der Waals surface area contributed by atoms with Gasteiger partial charge in [-0.2, -0.15) is 5.10 Å². The summed E-state index contributed by atoms with van der Waals surface area (Å²) in [6.07, 6.45) is 3.02. The molecule has 0 saturated heterocycles. The van der Waals surface area contributed by atoms with Crippen molar-refractivity contribution < 1.29 is 19.1 Å². The van der Waals surface area contributed by atoms with Crippen molar-refractivity contribution in [2.24, 2.45) is 0 Å². The highest BCUT2D eigenvalue weighted by Gasteiger charge is 2.27. The van der Waals surface area contributed by atoms with E-state index in [-0.39, 0.29) is 19.1 Å². The van der Waals surface area contributed by atoms with Gasteiger partial charge in [-0.3, -0.25) is 34.8 Å².